The van der Waals surface area contributed by atoms with E-state index in [1.165, 1.54) is 24.8 Å². The van der Waals surface area contributed by atoms with Crippen LogP contribution >= 0.6 is 0 Å². The van der Waals surface area contributed by atoms with Gasteiger partial charge < -0.3 is 14.9 Å². The summed E-state index contributed by atoms with van der Waals surface area (Å²) in [5.74, 6) is 0.423. The minimum Gasteiger partial charge on any atom is -0.504 e. The molecule has 0 unspecified atom stereocenters. The predicted molar refractivity (Wildman–Crippen MR) is 81.3 cm³/mol. The number of hydrogen-bond donors (Lipinski definition) is 2. The fourth-order valence-corrected chi connectivity index (χ4v) is 3.50. The van der Waals surface area contributed by atoms with Gasteiger partial charge in [-0.2, -0.15) is 0 Å². The maximum atomic E-state index is 10.8. The minimum atomic E-state index is -1.38. The average Bonchev–Trinajstić information content (AvgIpc) is 2.49. The van der Waals surface area contributed by atoms with Crippen LogP contribution in [0.1, 0.15) is 68.6 Å². The van der Waals surface area contributed by atoms with Crippen molar-refractivity contribution < 1.29 is 19.7 Å². The van der Waals surface area contributed by atoms with Gasteiger partial charge >= 0.3 is 6.16 Å². The monoisotopic (exact) mass is 292 g/mol. The topological polar surface area (TPSA) is 66.8 Å². The molecule has 0 saturated heterocycles. The molecule has 21 heavy (non-hydrogen) atoms. The van der Waals surface area contributed by atoms with Crippen LogP contribution in [0.15, 0.2) is 6.07 Å². The molecule has 4 heteroatoms. The Kier molecular flexibility index (Phi) is 5.10. The Bertz CT molecular complexity index is 516. The first-order chi connectivity index (χ1) is 10.1. The number of rotatable bonds is 4. The Morgan fingerprint density at radius 3 is 2.43 bits per heavy atom. The fraction of sp³-hybridized carbons (Fsp3) is 0.588. The predicted octanol–water partition coefficient (Wildman–Crippen LogP) is 4.62. The third-order valence-electron chi connectivity index (χ3n) is 4.45. The maximum absolute atomic E-state index is 10.8. The summed E-state index contributed by atoms with van der Waals surface area (Å²) in [7, 11) is 0. The summed E-state index contributed by atoms with van der Waals surface area (Å²) in [6.45, 7) is 4.12. The first-order valence-corrected chi connectivity index (χ1v) is 7.86. The van der Waals surface area contributed by atoms with Gasteiger partial charge in [-0.15, -0.1) is 0 Å². The molecule has 0 aromatic heterocycles. The second-order valence-corrected chi connectivity index (χ2v) is 5.68. The highest BCUT2D eigenvalue weighted by Crippen LogP contribution is 2.45. The molecule has 0 heterocycles. The van der Waals surface area contributed by atoms with Gasteiger partial charge in [0.15, 0.2) is 11.5 Å². The van der Waals surface area contributed by atoms with Crippen LogP contribution in [0, 0.1) is 0 Å². The molecule has 2 N–H and O–H groups in total. The van der Waals surface area contributed by atoms with Gasteiger partial charge in [0.25, 0.3) is 0 Å². The van der Waals surface area contributed by atoms with Crippen LogP contribution in [-0.2, 0) is 12.8 Å². The van der Waals surface area contributed by atoms with E-state index in [9.17, 15) is 9.90 Å². The van der Waals surface area contributed by atoms with Gasteiger partial charge in [0.05, 0.1) is 0 Å². The van der Waals surface area contributed by atoms with E-state index in [-0.39, 0.29) is 11.5 Å². The maximum Gasteiger partial charge on any atom is 0.511 e. The quantitative estimate of drug-likeness (QED) is 0.627. The standard InChI is InChI=1S/C17H24O4/c1-3-11-10-14(21-17(19)20)16(18)15(13(11)4-2)12-8-6-5-7-9-12/h10,12,18H,3-9H2,1-2H3,(H,19,20). The largest absolute Gasteiger partial charge is 0.511 e. The van der Waals surface area contributed by atoms with Crippen molar-refractivity contribution in [1.82, 2.24) is 0 Å². The summed E-state index contributed by atoms with van der Waals surface area (Å²) in [6.07, 6.45) is 5.95. The van der Waals surface area contributed by atoms with Crippen LogP contribution in [0.25, 0.3) is 0 Å². The van der Waals surface area contributed by atoms with Crippen LogP contribution in [0.3, 0.4) is 0 Å². The molecule has 0 spiro atoms. The summed E-state index contributed by atoms with van der Waals surface area (Å²) in [4.78, 5) is 10.8. The Hall–Kier alpha value is -1.71. The summed E-state index contributed by atoms with van der Waals surface area (Å²) in [5, 5.41) is 19.4. The number of hydrogen-bond acceptors (Lipinski definition) is 3. The second kappa shape index (κ2) is 6.83. The van der Waals surface area contributed by atoms with Gasteiger partial charge in [-0.3, -0.25) is 0 Å². The van der Waals surface area contributed by atoms with Crippen molar-refractivity contribution in [3.63, 3.8) is 0 Å². The highest BCUT2D eigenvalue weighted by Gasteiger charge is 2.26. The zero-order valence-corrected chi connectivity index (χ0v) is 12.8. The highest BCUT2D eigenvalue weighted by atomic mass is 16.7. The third-order valence-corrected chi connectivity index (χ3v) is 4.45. The zero-order chi connectivity index (χ0) is 15.4. The fourth-order valence-electron chi connectivity index (χ4n) is 3.50. The summed E-state index contributed by atoms with van der Waals surface area (Å²) in [5.41, 5.74) is 3.17. The number of aryl methyl sites for hydroxylation is 1. The van der Waals surface area contributed by atoms with Crippen molar-refractivity contribution in [3.8, 4) is 11.5 Å². The van der Waals surface area contributed by atoms with Crippen LogP contribution in [-0.4, -0.2) is 16.4 Å². The molecule has 2 rings (SSSR count). The molecule has 0 aliphatic heterocycles. The average molecular weight is 292 g/mol. The highest BCUT2D eigenvalue weighted by molar-refractivity contribution is 5.65. The van der Waals surface area contributed by atoms with Crippen LogP contribution in [0.4, 0.5) is 4.79 Å². The number of benzene rings is 1. The Balaban J connectivity index is 2.54. The van der Waals surface area contributed by atoms with Gasteiger partial charge in [0.1, 0.15) is 0 Å². The van der Waals surface area contributed by atoms with Crippen LogP contribution < -0.4 is 4.74 Å². The number of phenolic OH excluding ortho intramolecular Hbond substituents is 1. The molecule has 1 saturated carbocycles. The summed E-state index contributed by atoms with van der Waals surface area (Å²) >= 11 is 0. The number of carboxylic acid groups (broad SMARTS) is 1. The van der Waals surface area contributed by atoms with Crippen molar-refractivity contribution in [3.05, 3.63) is 22.8 Å². The molecule has 1 aliphatic carbocycles. The Morgan fingerprint density at radius 1 is 1.24 bits per heavy atom. The molecule has 1 aromatic carbocycles. The van der Waals surface area contributed by atoms with Crippen molar-refractivity contribution in [2.45, 2.75) is 64.7 Å². The van der Waals surface area contributed by atoms with E-state index < -0.39 is 6.16 Å². The van der Waals surface area contributed by atoms with E-state index in [2.05, 4.69) is 6.92 Å². The molecule has 0 amide bonds. The summed E-state index contributed by atoms with van der Waals surface area (Å²) < 4.78 is 4.79. The van der Waals surface area contributed by atoms with Gasteiger partial charge in [-0.05, 0) is 48.8 Å². The van der Waals surface area contributed by atoms with E-state index in [1.807, 2.05) is 6.92 Å². The first kappa shape index (κ1) is 15.7. The lowest BCUT2D eigenvalue weighted by atomic mass is 9.79. The number of ether oxygens (including phenoxy) is 1. The van der Waals surface area contributed by atoms with Gasteiger partial charge in [0.2, 0.25) is 0 Å². The molecule has 0 atom stereocenters. The summed E-state index contributed by atoms with van der Waals surface area (Å²) in [6, 6.07) is 1.68. The Labute approximate surface area is 125 Å². The van der Waals surface area contributed by atoms with E-state index in [0.29, 0.717) is 5.92 Å². The van der Waals surface area contributed by atoms with Crippen LogP contribution in [0.5, 0.6) is 11.5 Å². The SMILES string of the molecule is CCc1cc(OC(=O)O)c(O)c(C2CCCCC2)c1CC. The van der Waals surface area contributed by atoms with Crippen molar-refractivity contribution in [1.29, 1.82) is 0 Å². The van der Waals surface area contributed by atoms with Gasteiger partial charge in [-0.1, -0.05) is 33.1 Å². The molecular weight excluding hydrogens is 268 g/mol. The molecule has 1 aromatic rings. The molecule has 116 valence electrons. The van der Waals surface area contributed by atoms with E-state index in [4.69, 9.17) is 9.84 Å². The lowest BCUT2D eigenvalue weighted by Crippen LogP contribution is -2.12. The van der Waals surface area contributed by atoms with Crippen molar-refractivity contribution in [2.75, 3.05) is 0 Å². The lowest BCUT2D eigenvalue weighted by Gasteiger charge is -2.27. The van der Waals surface area contributed by atoms with E-state index in [1.54, 1.807) is 6.07 Å². The molecule has 1 fully saturated rings. The molecular formula is C17H24O4. The number of phenols is 1. The first-order valence-electron chi connectivity index (χ1n) is 7.86. The second-order valence-electron chi connectivity index (χ2n) is 5.68. The molecule has 0 bridgehead atoms. The number of aromatic hydroxyl groups is 1. The molecule has 4 nitrogen and oxygen atoms in total. The van der Waals surface area contributed by atoms with E-state index in [0.717, 1.165) is 36.8 Å². The van der Waals surface area contributed by atoms with Gasteiger partial charge in [-0.25, -0.2) is 4.79 Å². The smallest absolute Gasteiger partial charge is 0.504 e. The Morgan fingerprint density at radius 2 is 1.90 bits per heavy atom. The lowest BCUT2D eigenvalue weighted by molar-refractivity contribution is 0.142. The van der Waals surface area contributed by atoms with E-state index >= 15 is 0 Å². The number of carbonyl (C=O) groups is 1. The molecule has 1 aliphatic rings. The van der Waals surface area contributed by atoms with Crippen molar-refractivity contribution in [2.24, 2.45) is 0 Å². The van der Waals surface area contributed by atoms with Crippen LogP contribution in [0.2, 0.25) is 0 Å². The minimum absolute atomic E-state index is 0.0263. The van der Waals surface area contributed by atoms with Crippen molar-refractivity contribution >= 4 is 6.16 Å². The zero-order valence-electron chi connectivity index (χ0n) is 12.8. The normalized spacial score (nSPS) is 15.9. The third kappa shape index (κ3) is 3.31. The van der Waals surface area contributed by atoms with Gasteiger partial charge in [0, 0.05) is 5.56 Å². The molecule has 0 radical (unpaired) electrons.